The predicted octanol–water partition coefficient (Wildman–Crippen LogP) is 3.44. The SMILES string of the molecule is CC1CCC(C(=O)N2CCC(Br)C(C)C2)CC1. The number of halogens is 1. The monoisotopic (exact) mass is 301 g/mol. The smallest absolute Gasteiger partial charge is 0.225 e. The fourth-order valence-corrected chi connectivity index (χ4v) is 3.45. The van der Waals surface area contributed by atoms with Crippen LogP contribution >= 0.6 is 15.9 Å². The molecule has 0 bridgehead atoms. The molecule has 1 aliphatic heterocycles. The van der Waals surface area contributed by atoms with Crippen molar-refractivity contribution in [2.75, 3.05) is 13.1 Å². The molecule has 0 N–H and O–H groups in total. The summed E-state index contributed by atoms with van der Waals surface area (Å²) < 4.78 is 0. The molecule has 3 heteroatoms. The summed E-state index contributed by atoms with van der Waals surface area (Å²) in [5.74, 6) is 2.18. The second-order valence-corrected chi connectivity index (χ2v) is 7.20. The molecule has 0 aromatic rings. The van der Waals surface area contributed by atoms with E-state index in [2.05, 4.69) is 34.7 Å². The highest BCUT2D eigenvalue weighted by atomic mass is 79.9. The van der Waals surface area contributed by atoms with Gasteiger partial charge < -0.3 is 4.90 Å². The van der Waals surface area contributed by atoms with Crippen LogP contribution in [0.25, 0.3) is 0 Å². The van der Waals surface area contributed by atoms with Gasteiger partial charge >= 0.3 is 0 Å². The first kappa shape index (κ1) is 13.4. The Morgan fingerprint density at radius 2 is 1.76 bits per heavy atom. The standard InChI is InChI=1S/C14H24BrNO/c1-10-3-5-12(6-4-10)14(17)16-8-7-13(15)11(2)9-16/h10-13H,3-9H2,1-2H3. The van der Waals surface area contributed by atoms with Crippen LogP contribution in [0.15, 0.2) is 0 Å². The first-order valence-electron chi connectivity index (χ1n) is 7.00. The normalized spacial score (nSPS) is 39.1. The van der Waals surface area contributed by atoms with E-state index in [0.29, 0.717) is 22.6 Å². The van der Waals surface area contributed by atoms with Crippen LogP contribution in [0.4, 0.5) is 0 Å². The van der Waals surface area contributed by atoms with Gasteiger partial charge in [-0.1, -0.05) is 29.8 Å². The molecular formula is C14H24BrNO. The minimum absolute atomic E-state index is 0.324. The Labute approximate surface area is 113 Å². The molecular weight excluding hydrogens is 278 g/mol. The molecule has 17 heavy (non-hydrogen) atoms. The van der Waals surface area contributed by atoms with Crippen molar-refractivity contribution < 1.29 is 4.79 Å². The number of carbonyl (C=O) groups is 1. The maximum Gasteiger partial charge on any atom is 0.225 e. The molecule has 2 fully saturated rings. The van der Waals surface area contributed by atoms with Gasteiger partial charge in [-0.05, 0) is 43.9 Å². The molecule has 0 aromatic heterocycles. The molecule has 1 amide bonds. The molecule has 2 unspecified atom stereocenters. The summed E-state index contributed by atoms with van der Waals surface area (Å²) in [4.78, 5) is 15.1. The molecule has 0 spiro atoms. The molecule has 2 nitrogen and oxygen atoms in total. The lowest BCUT2D eigenvalue weighted by atomic mass is 9.82. The number of hydrogen-bond donors (Lipinski definition) is 0. The summed E-state index contributed by atoms with van der Waals surface area (Å²) in [6.45, 7) is 6.44. The second kappa shape index (κ2) is 5.73. The summed E-state index contributed by atoms with van der Waals surface area (Å²) in [6.07, 6.45) is 5.81. The van der Waals surface area contributed by atoms with E-state index in [-0.39, 0.29) is 0 Å². The molecule has 1 heterocycles. The van der Waals surface area contributed by atoms with Crippen molar-refractivity contribution in [3.8, 4) is 0 Å². The molecule has 1 saturated carbocycles. The average Bonchev–Trinajstić information content (AvgIpc) is 2.33. The number of hydrogen-bond acceptors (Lipinski definition) is 1. The largest absolute Gasteiger partial charge is 0.342 e. The second-order valence-electron chi connectivity index (χ2n) is 6.02. The van der Waals surface area contributed by atoms with Crippen LogP contribution in [0.3, 0.4) is 0 Å². The van der Waals surface area contributed by atoms with Gasteiger partial charge in [-0.15, -0.1) is 0 Å². The highest BCUT2D eigenvalue weighted by Gasteiger charge is 2.32. The van der Waals surface area contributed by atoms with Gasteiger partial charge in [-0.2, -0.15) is 0 Å². The summed E-state index contributed by atoms with van der Waals surface area (Å²) in [7, 11) is 0. The van der Waals surface area contributed by atoms with E-state index in [1.807, 2.05) is 0 Å². The first-order valence-corrected chi connectivity index (χ1v) is 7.92. The van der Waals surface area contributed by atoms with Crippen molar-refractivity contribution in [2.45, 2.75) is 50.8 Å². The molecule has 2 rings (SSSR count). The van der Waals surface area contributed by atoms with Gasteiger partial charge in [-0.3, -0.25) is 4.79 Å². The van der Waals surface area contributed by atoms with Gasteiger partial charge in [-0.25, -0.2) is 0 Å². The lowest BCUT2D eigenvalue weighted by Crippen LogP contribution is -2.46. The highest BCUT2D eigenvalue weighted by Crippen LogP contribution is 2.31. The van der Waals surface area contributed by atoms with Crippen LogP contribution in [-0.2, 0) is 4.79 Å². The Kier molecular flexibility index (Phi) is 4.51. The van der Waals surface area contributed by atoms with E-state index in [0.717, 1.165) is 38.3 Å². The van der Waals surface area contributed by atoms with Gasteiger partial charge in [0.25, 0.3) is 0 Å². The van der Waals surface area contributed by atoms with Crippen molar-refractivity contribution in [2.24, 2.45) is 17.8 Å². The topological polar surface area (TPSA) is 20.3 Å². The van der Waals surface area contributed by atoms with Crippen LogP contribution in [0.2, 0.25) is 0 Å². The highest BCUT2D eigenvalue weighted by molar-refractivity contribution is 9.09. The van der Waals surface area contributed by atoms with E-state index in [9.17, 15) is 4.79 Å². The number of piperidine rings is 1. The van der Waals surface area contributed by atoms with Crippen molar-refractivity contribution in [3.63, 3.8) is 0 Å². The van der Waals surface area contributed by atoms with Gasteiger partial charge in [0.15, 0.2) is 0 Å². The Bertz CT molecular complexity index is 273. The quantitative estimate of drug-likeness (QED) is 0.679. The van der Waals surface area contributed by atoms with Gasteiger partial charge in [0.2, 0.25) is 5.91 Å². The molecule has 98 valence electrons. The fraction of sp³-hybridized carbons (Fsp3) is 0.929. The maximum atomic E-state index is 12.4. The molecule has 2 atom stereocenters. The van der Waals surface area contributed by atoms with Crippen molar-refractivity contribution in [1.82, 2.24) is 4.90 Å². The summed E-state index contributed by atoms with van der Waals surface area (Å²) in [5.41, 5.74) is 0. The molecule has 1 aliphatic carbocycles. The van der Waals surface area contributed by atoms with Crippen LogP contribution in [0, 0.1) is 17.8 Å². The van der Waals surface area contributed by atoms with E-state index in [1.165, 1.54) is 12.8 Å². The summed E-state index contributed by atoms with van der Waals surface area (Å²) >= 11 is 3.70. The summed E-state index contributed by atoms with van der Waals surface area (Å²) in [5, 5.41) is 0. The molecule has 1 saturated heterocycles. The van der Waals surface area contributed by atoms with E-state index < -0.39 is 0 Å². The Hall–Kier alpha value is -0.0500. The van der Waals surface area contributed by atoms with Gasteiger partial charge in [0.05, 0.1) is 0 Å². The van der Waals surface area contributed by atoms with Gasteiger partial charge in [0, 0.05) is 23.8 Å². The first-order chi connectivity index (χ1) is 8.08. The minimum Gasteiger partial charge on any atom is -0.342 e. The number of carbonyl (C=O) groups excluding carboxylic acids is 1. The lowest BCUT2D eigenvalue weighted by Gasteiger charge is -2.37. The Morgan fingerprint density at radius 3 is 2.35 bits per heavy atom. The number of rotatable bonds is 1. The average molecular weight is 302 g/mol. The number of likely N-dealkylation sites (tertiary alicyclic amines) is 1. The zero-order chi connectivity index (χ0) is 12.4. The zero-order valence-electron chi connectivity index (χ0n) is 11.0. The number of alkyl halides is 1. The Balaban J connectivity index is 1.87. The minimum atomic E-state index is 0.324. The Morgan fingerprint density at radius 1 is 1.12 bits per heavy atom. The molecule has 0 aromatic carbocycles. The number of nitrogens with zero attached hydrogens (tertiary/aromatic N) is 1. The van der Waals surface area contributed by atoms with Crippen molar-refractivity contribution >= 4 is 21.8 Å². The van der Waals surface area contributed by atoms with Crippen LogP contribution in [0.5, 0.6) is 0 Å². The van der Waals surface area contributed by atoms with Gasteiger partial charge in [0.1, 0.15) is 0 Å². The third-order valence-electron chi connectivity index (χ3n) is 4.48. The van der Waals surface area contributed by atoms with Crippen LogP contribution < -0.4 is 0 Å². The van der Waals surface area contributed by atoms with Crippen LogP contribution in [0.1, 0.15) is 46.0 Å². The van der Waals surface area contributed by atoms with E-state index >= 15 is 0 Å². The van der Waals surface area contributed by atoms with E-state index in [4.69, 9.17) is 0 Å². The predicted molar refractivity (Wildman–Crippen MR) is 74.2 cm³/mol. The molecule has 2 aliphatic rings. The third kappa shape index (κ3) is 3.24. The fourth-order valence-electron chi connectivity index (χ4n) is 3.08. The third-order valence-corrected chi connectivity index (χ3v) is 5.84. The summed E-state index contributed by atoms with van der Waals surface area (Å²) in [6, 6.07) is 0. The van der Waals surface area contributed by atoms with Crippen molar-refractivity contribution in [1.29, 1.82) is 0 Å². The van der Waals surface area contributed by atoms with Crippen molar-refractivity contribution in [3.05, 3.63) is 0 Å². The maximum absolute atomic E-state index is 12.4. The van der Waals surface area contributed by atoms with Crippen LogP contribution in [-0.4, -0.2) is 28.7 Å². The number of amides is 1. The molecule has 0 radical (unpaired) electrons. The van der Waals surface area contributed by atoms with E-state index in [1.54, 1.807) is 0 Å². The zero-order valence-corrected chi connectivity index (χ0v) is 12.6. The lowest BCUT2D eigenvalue weighted by molar-refractivity contribution is -0.138.